The SMILES string of the molecule is C[C@H](N)C(=O)OCC(C)(C)[C@H]1OC(=O)CCC(=O)CC(=O)SCCNC(=O)CCNC1=O. The number of ether oxygens (including phenoxy) is 2. The zero-order valence-electron chi connectivity index (χ0n) is 18.6. The van der Waals surface area contributed by atoms with Crippen molar-refractivity contribution in [1.29, 1.82) is 0 Å². The van der Waals surface area contributed by atoms with Crippen LogP contribution in [0.4, 0.5) is 0 Å². The second kappa shape index (κ2) is 13.2. The third-order valence-electron chi connectivity index (χ3n) is 4.44. The van der Waals surface area contributed by atoms with E-state index in [1.165, 1.54) is 6.92 Å². The minimum atomic E-state index is -1.36. The number of ketones is 1. The molecule has 0 aromatic carbocycles. The largest absolute Gasteiger partial charge is 0.464 e. The topological polar surface area (TPSA) is 171 Å². The van der Waals surface area contributed by atoms with Gasteiger partial charge in [0.1, 0.15) is 18.4 Å². The van der Waals surface area contributed by atoms with Crippen LogP contribution in [0, 0.1) is 5.41 Å². The summed E-state index contributed by atoms with van der Waals surface area (Å²) in [7, 11) is 0. The third-order valence-corrected chi connectivity index (χ3v) is 5.32. The number of esters is 2. The van der Waals surface area contributed by atoms with E-state index in [1.54, 1.807) is 13.8 Å². The van der Waals surface area contributed by atoms with E-state index in [1.807, 2.05) is 0 Å². The number of carbonyl (C=O) groups is 6. The standard InChI is InChI=1S/C20H31N3O8S/c1-12(21)19(29)30-11-20(2,3)17-18(28)23-7-6-14(25)22-8-9-32-16(27)10-13(24)4-5-15(26)31-17/h12,17H,4-11,21H2,1-3H3,(H,22,25)(H,23,28)/t12-,17-/m0/s1. The Bertz CT molecular complexity index is 738. The Morgan fingerprint density at radius 3 is 2.50 bits per heavy atom. The molecule has 1 aliphatic rings. The van der Waals surface area contributed by atoms with Crippen molar-refractivity contribution >= 4 is 46.4 Å². The molecule has 1 rings (SSSR count). The number of rotatable bonds is 4. The van der Waals surface area contributed by atoms with Gasteiger partial charge >= 0.3 is 11.9 Å². The molecule has 11 nitrogen and oxygen atoms in total. The fourth-order valence-electron chi connectivity index (χ4n) is 2.60. The van der Waals surface area contributed by atoms with Crippen molar-refractivity contribution < 1.29 is 38.2 Å². The molecule has 2 atom stereocenters. The maximum atomic E-state index is 12.7. The van der Waals surface area contributed by atoms with Crippen LogP contribution in [-0.4, -0.2) is 72.2 Å². The molecule has 0 aromatic heterocycles. The van der Waals surface area contributed by atoms with Crippen LogP contribution in [-0.2, 0) is 38.2 Å². The number of amides is 2. The molecule has 0 saturated carbocycles. The first-order valence-electron chi connectivity index (χ1n) is 10.3. The van der Waals surface area contributed by atoms with Crippen LogP contribution in [0.15, 0.2) is 0 Å². The third kappa shape index (κ3) is 10.2. The monoisotopic (exact) mass is 473 g/mol. The molecular formula is C20H31N3O8S. The van der Waals surface area contributed by atoms with Gasteiger partial charge in [-0.3, -0.25) is 28.8 Å². The number of hydrogen-bond donors (Lipinski definition) is 3. The highest BCUT2D eigenvalue weighted by atomic mass is 32.2. The first kappa shape index (κ1) is 27.6. The first-order chi connectivity index (χ1) is 14.9. The van der Waals surface area contributed by atoms with Crippen LogP contribution in [0.1, 0.15) is 46.5 Å². The van der Waals surface area contributed by atoms with Crippen molar-refractivity contribution in [2.75, 3.05) is 25.4 Å². The van der Waals surface area contributed by atoms with Gasteiger partial charge in [-0.2, -0.15) is 0 Å². The highest BCUT2D eigenvalue weighted by molar-refractivity contribution is 8.13. The lowest BCUT2D eigenvalue weighted by molar-refractivity contribution is -0.169. The summed E-state index contributed by atoms with van der Waals surface area (Å²) >= 11 is 0.926. The van der Waals surface area contributed by atoms with Gasteiger partial charge in [0.2, 0.25) is 5.91 Å². The lowest BCUT2D eigenvalue weighted by Gasteiger charge is -2.32. The molecule has 1 saturated heterocycles. The second-order valence-electron chi connectivity index (χ2n) is 8.08. The van der Waals surface area contributed by atoms with Crippen molar-refractivity contribution in [1.82, 2.24) is 10.6 Å². The minimum Gasteiger partial charge on any atom is -0.464 e. The number of hydrogen-bond acceptors (Lipinski definition) is 10. The maximum Gasteiger partial charge on any atom is 0.322 e. The lowest BCUT2D eigenvalue weighted by Crippen LogP contribution is -2.49. The van der Waals surface area contributed by atoms with Crippen molar-refractivity contribution in [3.8, 4) is 0 Å². The summed E-state index contributed by atoms with van der Waals surface area (Å²) in [4.78, 5) is 72.4. The van der Waals surface area contributed by atoms with Crippen LogP contribution in [0.3, 0.4) is 0 Å². The molecule has 1 aliphatic heterocycles. The van der Waals surface area contributed by atoms with Crippen LogP contribution >= 0.6 is 11.8 Å². The molecule has 0 bridgehead atoms. The van der Waals surface area contributed by atoms with Gasteiger partial charge < -0.3 is 25.8 Å². The number of cyclic esters (lactones) is 1. The fourth-order valence-corrected chi connectivity index (χ4v) is 3.29. The van der Waals surface area contributed by atoms with E-state index in [0.717, 1.165) is 11.8 Å². The molecule has 0 aliphatic carbocycles. The van der Waals surface area contributed by atoms with Crippen molar-refractivity contribution in [3.05, 3.63) is 0 Å². The zero-order valence-corrected chi connectivity index (χ0v) is 19.4. The molecule has 1 fully saturated rings. The van der Waals surface area contributed by atoms with Gasteiger partial charge in [-0.25, -0.2) is 0 Å². The summed E-state index contributed by atoms with van der Waals surface area (Å²) in [6, 6.07) is -0.867. The maximum absolute atomic E-state index is 12.7. The highest BCUT2D eigenvalue weighted by Gasteiger charge is 2.40. The molecule has 0 radical (unpaired) electrons. The fraction of sp³-hybridized carbons (Fsp3) is 0.700. The summed E-state index contributed by atoms with van der Waals surface area (Å²) in [6.45, 7) is 4.54. The van der Waals surface area contributed by atoms with E-state index in [-0.39, 0.29) is 56.4 Å². The number of nitrogens with one attached hydrogen (secondary N) is 2. The summed E-state index contributed by atoms with van der Waals surface area (Å²) < 4.78 is 10.4. The Hall–Kier alpha value is -2.47. The average Bonchev–Trinajstić information content (AvgIpc) is 2.71. The number of Topliss-reactive ketones (excluding diaryl/α,β-unsaturated/α-hetero) is 1. The second-order valence-corrected chi connectivity index (χ2v) is 9.23. The quantitative estimate of drug-likeness (QED) is 0.355. The highest BCUT2D eigenvalue weighted by Crippen LogP contribution is 2.25. The Kier molecular flexibility index (Phi) is 11.3. The Labute approximate surface area is 190 Å². The predicted molar refractivity (Wildman–Crippen MR) is 115 cm³/mol. The van der Waals surface area contributed by atoms with Gasteiger partial charge in [0, 0.05) is 37.1 Å². The Balaban J connectivity index is 2.95. The van der Waals surface area contributed by atoms with Crippen LogP contribution in [0.25, 0.3) is 0 Å². The van der Waals surface area contributed by atoms with Gasteiger partial charge in [0.15, 0.2) is 11.2 Å². The molecule has 12 heteroatoms. The molecule has 180 valence electrons. The average molecular weight is 474 g/mol. The van der Waals surface area contributed by atoms with Crippen molar-refractivity contribution in [3.63, 3.8) is 0 Å². The van der Waals surface area contributed by atoms with E-state index in [2.05, 4.69) is 10.6 Å². The summed E-state index contributed by atoms with van der Waals surface area (Å²) in [6.07, 6.45) is -2.24. The van der Waals surface area contributed by atoms with Gasteiger partial charge in [0.25, 0.3) is 5.91 Å². The molecule has 0 spiro atoms. The number of nitrogens with two attached hydrogens (primary N) is 1. The van der Waals surface area contributed by atoms with Crippen LogP contribution in [0.2, 0.25) is 0 Å². The van der Waals surface area contributed by atoms with Gasteiger partial charge in [0.05, 0.1) is 12.8 Å². The zero-order chi connectivity index (χ0) is 24.3. The first-order valence-corrected chi connectivity index (χ1v) is 11.2. The van der Waals surface area contributed by atoms with Gasteiger partial charge in [-0.15, -0.1) is 0 Å². The molecule has 0 aromatic rings. The van der Waals surface area contributed by atoms with Crippen molar-refractivity contribution in [2.45, 2.75) is 58.6 Å². The molecule has 0 unspecified atom stereocenters. The minimum absolute atomic E-state index is 0.0149. The Morgan fingerprint density at radius 1 is 1.16 bits per heavy atom. The molecule has 1 heterocycles. The predicted octanol–water partition coefficient (Wildman–Crippen LogP) is -0.550. The van der Waals surface area contributed by atoms with E-state index in [4.69, 9.17) is 15.2 Å². The van der Waals surface area contributed by atoms with E-state index in [9.17, 15) is 28.8 Å². The van der Waals surface area contributed by atoms with Gasteiger partial charge in [-0.1, -0.05) is 25.6 Å². The van der Waals surface area contributed by atoms with Gasteiger partial charge in [-0.05, 0) is 6.92 Å². The molecule has 32 heavy (non-hydrogen) atoms. The normalized spacial score (nSPS) is 21.6. The Morgan fingerprint density at radius 2 is 1.84 bits per heavy atom. The van der Waals surface area contributed by atoms with E-state index < -0.39 is 41.2 Å². The van der Waals surface area contributed by atoms with Crippen LogP contribution < -0.4 is 16.4 Å². The molecular weight excluding hydrogens is 442 g/mol. The molecule has 4 N–H and O–H groups in total. The summed E-state index contributed by atoms with van der Waals surface area (Å²) in [5, 5.41) is 4.80. The van der Waals surface area contributed by atoms with E-state index >= 15 is 0 Å². The van der Waals surface area contributed by atoms with E-state index in [0.29, 0.717) is 5.75 Å². The lowest BCUT2D eigenvalue weighted by atomic mass is 9.86. The number of carbonyl (C=O) groups excluding carboxylic acids is 6. The summed E-state index contributed by atoms with van der Waals surface area (Å²) in [5.74, 6) is -2.63. The number of thioether (sulfide) groups is 1. The van der Waals surface area contributed by atoms with Crippen molar-refractivity contribution in [2.24, 2.45) is 11.1 Å². The smallest absolute Gasteiger partial charge is 0.322 e. The molecule has 2 amide bonds. The van der Waals surface area contributed by atoms with Crippen LogP contribution in [0.5, 0.6) is 0 Å². The summed E-state index contributed by atoms with van der Waals surface area (Å²) in [5.41, 5.74) is 4.34.